The highest BCUT2D eigenvalue weighted by atomic mass is 32.2. The van der Waals surface area contributed by atoms with Gasteiger partial charge in [-0.3, -0.25) is 4.90 Å². The molecule has 7 nitrogen and oxygen atoms in total. The minimum atomic E-state index is -3.69. The monoisotopic (exact) mass is 616 g/mol. The van der Waals surface area contributed by atoms with Gasteiger partial charge in [-0.15, -0.1) is 0 Å². The van der Waals surface area contributed by atoms with Crippen LogP contribution in [0, 0.1) is 5.92 Å². The second-order valence-corrected chi connectivity index (χ2v) is 15.5. The van der Waals surface area contributed by atoms with Crippen molar-refractivity contribution in [2.75, 3.05) is 26.7 Å². The second kappa shape index (κ2) is 11.2. The molecule has 5 atom stereocenters. The van der Waals surface area contributed by atoms with E-state index in [9.17, 15) is 13.5 Å². The molecule has 1 saturated carbocycles. The lowest BCUT2D eigenvalue weighted by Gasteiger charge is -2.64. The molecule has 1 spiro atoms. The highest BCUT2D eigenvalue weighted by Gasteiger charge is 2.73. The first-order chi connectivity index (χ1) is 21.2. The Balaban J connectivity index is 1.30. The summed E-state index contributed by atoms with van der Waals surface area (Å²) < 4.78 is 43.0. The molecule has 234 valence electrons. The average Bonchev–Trinajstić information content (AvgIpc) is 3.36. The fraction of sp³-hybridized carbons (Fsp3) is 0.500. The number of sulfonamides is 1. The normalized spacial score (nSPS) is 29.0. The zero-order valence-electron chi connectivity index (χ0n) is 26.0. The lowest BCUT2D eigenvalue weighted by molar-refractivity contribution is -0.196. The fourth-order valence-corrected chi connectivity index (χ4v) is 10.9. The van der Waals surface area contributed by atoms with E-state index in [1.807, 2.05) is 42.5 Å². The zero-order valence-corrected chi connectivity index (χ0v) is 26.8. The van der Waals surface area contributed by atoms with E-state index in [0.717, 1.165) is 37.1 Å². The van der Waals surface area contributed by atoms with Crippen molar-refractivity contribution in [1.29, 1.82) is 0 Å². The summed E-state index contributed by atoms with van der Waals surface area (Å²) in [4.78, 5) is 2.48. The third kappa shape index (κ3) is 4.60. The van der Waals surface area contributed by atoms with Gasteiger partial charge in [-0.1, -0.05) is 80.6 Å². The van der Waals surface area contributed by atoms with Gasteiger partial charge in [-0.05, 0) is 67.3 Å². The van der Waals surface area contributed by atoms with Gasteiger partial charge in [0.2, 0.25) is 10.0 Å². The van der Waals surface area contributed by atoms with Crippen molar-refractivity contribution in [3.8, 4) is 11.5 Å². The highest BCUT2D eigenvalue weighted by Crippen LogP contribution is 2.66. The molecule has 0 amide bonds. The molecule has 44 heavy (non-hydrogen) atoms. The van der Waals surface area contributed by atoms with Crippen molar-refractivity contribution in [1.82, 2.24) is 9.21 Å². The van der Waals surface area contributed by atoms with Gasteiger partial charge in [0.1, 0.15) is 6.10 Å². The second-order valence-electron chi connectivity index (χ2n) is 13.6. The summed E-state index contributed by atoms with van der Waals surface area (Å²) in [5, 5.41) is 13.0. The predicted octanol–water partition coefficient (Wildman–Crippen LogP) is 4.95. The quantitative estimate of drug-likeness (QED) is 0.348. The van der Waals surface area contributed by atoms with Crippen LogP contribution in [0.4, 0.5) is 0 Å². The molecule has 2 aliphatic heterocycles. The molecule has 1 N–H and O–H groups in total. The number of hydrogen-bond donors (Lipinski definition) is 1. The SMILES string of the molecule is COc1ccc2c3c1O[C@H]1[C@@H](N(CC(C)C)S(=O)(=O)Cc4ccccc4)CC[C@@]4(O)[C@@H](C2)N(CCc2ccccc2)CC[C@]314. The molecular formula is C36H44N2O5S. The summed E-state index contributed by atoms with van der Waals surface area (Å²) >= 11 is 0. The van der Waals surface area contributed by atoms with Crippen LogP contribution < -0.4 is 9.47 Å². The van der Waals surface area contributed by atoms with Gasteiger partial charge in [0.15, 0.2) is 11.5 Å². The van der Waals surface area contributed by atoms with Crippen LogP contribution in [0.5, 0.6) is 11.5 Å². The summed E-state index contributed by atoms with van der Waals surface area (Å²) in [5.41, 5.74) is 2.56. The molecule has 3 aromatic rings. The third-order valence-electron chi connectivity index (χ3n) is 10.7. The molecule has 0 radical (unpaired) electrons. The lowest BCUT2D eigenvalue weighted by Crippen LogP contribution is -2.78. The molecule has 0 unspecified atom stereocenters. The van der Waals surface area contributed by atoms with E-state index in [4.69, 9.17) is 9.47 Å². The lowest BCUT2D eigenvalue weighted by atomic mass is 9.48. The first kappa shape index (κ1) is 29.8. The Bertz CT molecular complexity index is 1610. The van der Waals surface area contributed by atoms with Gasteiger partial charge in [-0.2, -0.15) is 4.31 Å². The fourth-order valence-electron chi connectivity index (χ4n) is 8.92. The Morgan fingerprint density at radius 2 is 1.73 bits per heavy atom. The number of methoxy groups -OCH3 is 1. The minimum Gasteiger partial charge on any atom is -0.493 e. The van der Waals surface area contributed by atoms with Gasteiger partial charge in [0.25, 0.3) is 0 Å². The highest BCUT2D eigenvalue weighted by molar-refractivity contribution is 7.88. The van der Waals surface area contributed by atoms with Crippen molar-refractivity contribution in [2.24, 2.45) is 5.92 Å². The maximum atomic E-state index is 14.3. The first-order valence-electron chi connectivity index (χ1n) is 16.1. The van der Waals surface area contributed by atoms with Crippen LogP contribution in [0.1, 0.15) is 55.4 Å². The van der Waals surface area contributed by atoms with Crippen molar-refractivity contribution >= 4 is 10.0 Å². The Hall–Kier alpha value is -2.91. The van der Waals surface area contributed by atoms with Crippen LogP contribution in [0.25, 0.3) is 0 Å². The number of rotatable bonds is 10. The molecule has 2 aliphatic carbocycles. The topological polar surface area (TPSA) is 79.3 Å². The molecule has 7 rings (SSSR count). The van der Waals surface area contributed by atoms with E-state index in [2.05, 4.69) is 49.1 Å². The number of ether oxygens (including phenoxy) is 2. The van der Waals surface area contributed by atoms with Crippen LogP contribution in [-0.4, -0.2) is 73.3 Å². The number of aliphatic hydroxyl groups is 1. The third-order valence-corrected chi connectivity index (χ3v) is 12.6. The van der Waals surface area contributed by atoms with E-state index >= 15 is 0 Å². The van der Waals surface area contributed by atoms with Gasteiger partial charge >= 0.3 is 0 Å². The smallest absolute Gasteiger partial charge is 0.218 e. The summed E-state index contributed by atoms with van der Waals surface area (Å²) in [7, 11) is -2.04. The number of benzene rings is 3. The van der Waals surface area contributed by atoms with E-state index in [-0.39, 0.29) is 17.7 Å². The Morgan fingerprint density at radius 1 is 1.02 bits per heavy atom. The van der Waals surface area contributed by atoms with E-state index in [1.165, 1.54) is 11.1 Å². The molecule has 2 bridgehead atoms. The van der Waals surface area contributed by atoms with Crippen LogP contribution in [-0.2, 0) is 34.0 Å². The minimum absolute atomic E-state index is 0.0571. The predicted molar refractivity (Wildman–Crippen MR) is 171 cm³/mol. The largest absolute Gasteiger partial charge is 0.493 e. The van der Waals surface area contributed by atoms with Crippen LogP contribution in [0.15, 0.2) is 72.8 Å². The molecule has 4 aliphatic rings. The maximum Gasteiger partial charge on any atom is 0.218 e. The molecule has 2 heterocycles. The maximum absolute atomic E-state index is 14.3. The molecular weight excluding hydrogens is 572 g/mol. The van der Waals surface area contributed by atoms with Crippen LogP contribution >= 0.6 is 0 Å². The van der Waals surface area contributed by atoms with Gasteiger partial charge in [-0.25, -0.2) is 8.42 Å². The average molecular weight is 617 g/mol. The van der Waals surface area contributed by atoms with E-state index in [1.54, 1.807) is 11.4 Å². The van der Waals surface area contributed by atoms with Gasteiger partial charge < -0.3 is 14.6 Å². The molecule has 1 saturated heterocycles. The number of nitrogens with zero attached hydrogens (tertiary/aromatic N) is 2. The van der Waals surface area contributed by atoms with E-state index in [0.29, 0.717) is 37.3 Å². The molecule has 2 fully saturated rings. The van der Waals surface area contributed by atoms with Gasteiger partial charge in [0.05, 0.1) is 29.9 Å². The van der Waals surface area contributed by atoms with Crippen molar-refractivity contribution in [3.05, 3.63) is 95.1 Å². The number of hydrogen-bond acceptors (Lipinski definition) is 6. The summed E-state index contributed by atoms with van der Waals surface area (Å²) in [6, 6.07) is 23.6. The van der Waals surface area contributed by atoms with Crippen molar-refractivity contribution < 1.29 is 23.0 Å². The Morgan fingerprint density at radius 3 is 2.41 bits per heavy atom. The standard InChI is InChI=1S/C36H44N2O5S/c1-25(2)23-38(44(40,41)24-27-12-8-5-9-13-27)29-16-18-36(39)31-22-28-14-15-30(42-3)33-32(28)35(36,34(29)43-33)19-21-37(31)20-17-26-10-6-4-7-11-26/h4-15,25,29,31,34,39H,16-24H2,1-3H3/t29-,31+,34-,35-,36+/m0/s1. The van der Waals surface area contributed by atoms with E-state index < -0.39 is 33.2 Å². The Kier molecular flexibility index (Phi) is 7.55. The zero-order chi connectivity index (χ0) is 30.7. The summed E-state index contributed by atoms with van der Waals surface area (Å²) in [6.45, 7) is 6.22. The van der Waals surface area contributed by atoms with Gasteiger partial charge in [0, 0.05) is 24.7 Å². The molecule has 3 aromatic carbocycles. The first-order valence-corrected chi connectivity index (χ1v) is 17.7. The Labute approximate surface area is 261 Å². The summed E-state index contributed by atoms with van der Waals surface area (Å²) in [5.74, 6) is 1.42. The van der Waals surface area contributed by atoms with Crippen LogP contribution in [0.3, 0.4) is 0 Å². The summed E-state index contributed by atoms with van der Waals surface area (Å²) in [6.07, 6.45) is 2.92. The molecule has 8 heteroatoms. The number of likely N-dealkylation sites (tertiary alicyclic amines) is 1. The van der Waals surface area contributed by atoms with Crippen molar-refractivity contribution in [3.63, 3.8) is 0 Å². The number of piperidine rings is 1. The molecule has 0 aromatic heterocycles. The van der Waals surface area contributed by atoms with Crippen LogP contribution in [0.2, 0.25) is 0 Å². The van der Waals surface area contributed by atoms with Crippen molar-refractivity contribution in [2.45, 2.75) is 80.9 Å².